The average molecular weight is 500 g/mol. The monoisotopic (exact) mass is 500 g/mol. The molecular formula is C8HF17O3S. The molecule has 0 fully saturated rings. The molecule has 1 N–H and O–H groups in total. The van der Waals surface area contributed by atoms with Crippen molar-refractivity contribution in [2.45, 2.75) is 47.0 Å². The van der Waals surface area contributed by atoms with Gasteiger partial charge in [-0.2, -0.15) is 74.3 Å². The van der Waals surface area contributed by atoms with Crippen molar-refractivity contribution in [1.82, 2.24) is 0 Å². The zero-order valence-corrected chi connectivity index (χ0v) is 12.9. The van der Waals surface area contributed by atoms with Crippen LogP contribution in [0.1, 0.15) is 0 Å². The number of hydrogen-bond acceptors (Lipinski definition) is 2. The minimum atomic E-state index is -9.29. The summed E-state index contributed by atoms with van der Waals surface area (Å²) in [5.41, 5.74) is -18.4. The molecule has 0 radical (unpaired) electrons. The molecule has 0 saturated heterocycles. The van der Waals surface area contributed by atoms with E-state index in [0.717, 1.165) is 0 Å². The summed E-state index contributed by atoms with van der Waals surface area (Å²) in [4.78, 5) is 0. The Hall–Kier alpha value is -1.28. The van der Waals surface area contributed by atoms with Crippen molar-refractivity contribution < 1.29 is 87.6 Å². The molecule has 0 atom stereocenters. The second kappa shape index (κ2) is 6.36. The SMILES string of the molecule is O=S(=O)(O)C(C(F)(F)F)(C(F)(C(F)(F)F)C(F)(F)F)C(F)(C(F)(F)F)C(F)(F)F. The van der Waals surface area contributed by atoms with Gasteiger partial charge < -0.3 is 0 Å². The van der Waals surface area contributed by atoms with Gasteiger partial charge in [0.15, 0.2) is 0 Å². The lowest BCUT2D eigenvalue weighted by Gasteiger charge is -2.51. The highest BCUT2D eigenvalue weighted by Gasteiger charge is 3.05. The van der Waals surface area contributed by atoms with Gasteiger partial charge in [-0.15, -0.1) is 0 Å². The van der Waals surface area contributed by atoms with Crippen LogP contribution in [0.25, 0.3) is 0 Å². The Kier molecular flexibility index (Phi) is 6.08. The Bertz CT molecular complexity index is 650. The van der Waals surface area contributed by atoms with Gasteiger partial charge in [0.05, 0.1) is 0 Å². The minimum Gasteiger partial charge on any atom is -0.285 e. The van der Waals surface area contributed by atoms with Gasteiger partial charge in [-0.3, -0.25) is 4.55 Å². The third-order valence-electron chi connectivity index (χ3n) is 3.32. The molecule has 0 saturated carbocycles. The Morgan fingerprint density at radius 1 is 0.414 bits per heavy atom. The van der Waals surface area contributed by atoms with Crippen molar-refractivity contribution in [2.75, 3.05) is 0 Å². The van der Waals surface area contributed by atoms with E-state index >= 15 is 0 Å². The van der Waals surface area contributed by atoms with Crippen molar-refractivity contribution in [2.24, 2.45) is 0 Å². The van der Waals surface area contributed by atoms with Gasteiger partial charge in [0.25, 0.3) is 14.9 Å². The van der Waals surface area contributed by atoms with Gasteiger partial charge in [0, 0.05) is 0 Å². The van der Waals surface area contributed by atoms with E-state index in [1.54, 1.807) is 0 Å². The standard InChI is InChI=1S/C8HF17O3S/c9-1(4(11,12)13,5(14,15)16)3(8(23,24)25,29(26,27)28)2(10,6(17,18)19)7(20,21)22/h(H,26,27,28). The molecule has 29 heavy (non-hydrogen) atoms. The Balaban J connectivity index is 8.59. The summed E-state index contributed by atoms with van der Waals surface area (Å²) in [7, 11) is -9.29. The number of rotatable bonds is 3. The highest BCUT2D eigenvalue weighted by molar-refractivity contribution is 7.87. The van der Waals surface area contributed by atoms with Crippen LogP contribution in [-0.4, -0.2) is 59.9 Å². The zero-order chi connectivity index (χ0) is 24.5. The van der Waals surface area contributed by atoms with E-state index in [1.165, 1.54) is 0 Å². The predicted molar refractivity (Wildman–Crippen MR) is 52.2 cm³/mol. The molecule has 0 rings (SSSR count). The molecule has 0 aliphatic rings. The van der Waals surface area contributed by atoms with E-state index in [0.29, 0.717) is 0 Å². The first-order valence-electron chi connectivity index (χ1n) is 5.68. The van der Waals surface area contributed by atoms with Gasteiger partial charge in [0.1, 0.15) is 0 Å². The van der Waals surface area contributed by atoms with E-state index in [4.69, 9.17) is 4.55 Å². The lowest BCUT2D eigenvalue weighted by atomic mass is 9.73. The lowest BCUT2D eigenvalue weighted by molar-refractivity contribution is -0.439. The largest absolute Gasteiger partial charge is 0.433 e. The highest BCUT2D eigenvalue weighted by Crippen LogP contribution is 2.69. The van der Waals surface area contributed by atoms with Crippen LogP contribution in [0.2, 0.25) is 0 Å². The summed E-state index contributed by atoms with van der Waals surface area (Å²) in [5, 5.41) is 0. The molecule has 0 aliphatic carbocycles. The van der Waals surface area contributed by atoms with Crippen LogP contribution in [0.5, 0.6) is 0 Å². The molecule has 0 aromatic carbocycles. The van der Waals surface area contributed by atoms with Crippen molar-refractivity contribution in [3.8, 4) is 0 Å². The van der Waals surface area contributed by atoms with E-state index in [2.05, 4.69) is 0 Å². The van der Waals surface area contributed by atoms with Crippen LogP contribution < -0.4 is 0 Å². The first kappa shape index (κ1) is 27.7. The van der Waals surface area contributed by atoms with Crippen LogP contribution in [0.15, 0.2) is 0 Å². The second-order valence-corrected chi connectivity index (χ2v) is 6.52. The Morgan fingerprint density at radius 2 is 0.586 bits per heavy atom. The van der Waals surface area contributed by atoms with Crippen LogP contribution in [0, 0.1) is 0 Å². The van der Waals surface area contributed by atoms with E-state index < -0.39 is 57.1 Å². The quantitative estimate of drug-likeness (QED) is 0.446. The molecule has 0 bridgehead atoms. The van der Waals surface area contributed by atoms with Crippen molar-refractivity contribution >= 4 is 10.1 Å². The molecule has 0 unspecified atom stereocenters. The summed E-state index contributed by atoms with van der Waals surface area (Å²) >= 11 is 0. The van der Waals surface area contributed by atoms with Crippen LogP contribution in [0.3, 0.4) is 0 Å². The fourth-order valence-corrected chi connectivity index (χ4v) is 3.72. The maximum Gasteiger partial charge on any atom is 0.433 e. The third-order valence-corrected chi connectivity index (χ3v) is 4.89. The Morgan fingerprint density at radius 3 is 0.655 bits per heavy atom. The first-order chi connectivity index (χ1) is 12.0. The maximum atomic E-state index is 13.9. The van der Waals surface area contributed by atoms with Gasteiger partial charge in [-0.05, 0) is 0 Å². The van der Waals surface area contributed by atoms with Crippen LogP contribution in [-0.2, 0) is 10.1 Å². The fraction of sp³-hybridized carbons (Fsp3) is 1.00. The first-order valence-corrected chi connectivity index (χ1v) is 7.12. The molecule has 0 aliphatic heterocycles. The van der Waals surface area contributed by atoms with Crippen molar-refractivity contribution in [1.29, 1.82) is 0 Å². The molecular weight excluding hydrogens is 499 g/mol. The average Bonchev–Trinajstić information content (AvgIpc) is 2.29. The smallest absolute Gasteiger partial charge is 0.285 e. The zero-order valence-electron chi connectivity index (χ0n) is 12.1. The second-order valence-electron chi connectivity index (χ2n) is 4.96. The van der Waals surface area contributed by atoms with E-state index in [9.17, 15) is 83.1 Å². The molecule has 0 aromatic rings. The normalized spacial score (nSPS) is 16.9. The van der Waals surface area contributed by atoms with E-state index in [1.807, 2.05) is 0 Å². The third kappa shape index (κ3) is 3.26. The van der Waals surface area contributed by atoms with Gasteiger partial charge >= 0.3 is 42.2 Å². The van der Waals surface area contributed by atoms with Crippen LogP contribution in [0.4, 0.5) is 74.6 Å². The lowest BCUT2D eigenvalue weighted by Crippen LogP contribution is -2.87. The molecule has 176 valence electrons. The van der Waals surface area contributed by atoms with Gasteiger partial charge in [0.2, 0.25) is 0 Å². The molecule has 21 heteroatoms. The summed E-state index contributed by atoms with van der Waals surface area (Å²) in [5.74, 6) is 0. The molecule has 0 amide bonds. The molecule has 0 aromatic heterocycles. The minimum absolute atomic E-state index is 8.16. The van der Waals surface area contributed by atoms with Crippen molar-refractivity contribution in [3.63, 3.8) is 0 Å². The summed E-state index contributed by atoms with van der Waals surface area (Å²) in [6.07, 6.45) is -43.5. The van der Waals surface area contributed by atoms with Crippen molar-refractivity contribution in [3.05, 3.63) is 0 Å². The van der Waals surface area contributed by atoms with Gasteiger partial charge in [-0.25, -0.2) is 8.78 Å². The fourth-order valence-electron chi connectivity index (χ4n) is 2.25. The van der Waals surface area contributed by atoms with E-state index in [-0.39, 0.29) is 0 Å². The maximum absolute atomic E-state index is 13.9. The molecule has 3 nitrogen and oxygen atoms in total. The summed E-state index contributed by atoms with van der Waals surface area (Å²) < 4.78 is 238. The summed E-state index contributed by atoms with van der Waals surface area (Å²) in [6, 6.07) is 0. The summed E-state index contributed by atoms with van der Waals surface area (Å²) in [6.45, 7) is 0. The number of alkyl halides is 17. The Labute approximate surface area is 146 Å². The molecule has 0 heterocycles. The number of halogens is 17. The molecule has 0 spiro atoms. The highest BCUT2D eigenvalue weighted by atomic mass is 32.2. The van der Waals surface area contributed by atoms with Gasteiger partial charge in [-0.1, -0.05) is 0 Å². The number of hydrogen-bond donors (Lipinski definition) is 1. The van der Waals surface area contributed by atoms with Crippen LogP contribution >= 0.6 is 0 Å². The topological polar surface area (TPSA) is 54.4 Å². The predicted octanol–water partition coefficient (Wildman–Crippen LogP) is 4.84.